The number of hydrogen-bond acceptors (Lipinski definition) is 6. The molecule has 0 saturated heterocycles. The van der Waals surface area contributed by atoms with Crippen LogP contribution in [0.5, 0.6) is 0 Å². The van der Waals surface area contributed by atoms with E-state index in [0.717, 1.165) is 96.3 Å². The monoisotopic (exact) mass is 867 g/mol. The van der Waals surface area contributed by atoms with Crippen molar-refractivity contribution in [2.45, 2.75) is 181 Å². The van der Waals surface area contributed by atoms with Gasteiger partial charge in [-0.15, -0.1) is 0 Å². The maximum absolute atomic E-state index is 12.8. The first-order chi connectivity index (χ1) is 31.0. The van der Waals surface area contributed by atoms with Crippen LogP contribution in [0.25, 0.3) is 0 Å². The van der Waals surface area contributed by atoms with E-state index in [-0.39, 0.29) is 44.0 Å². The Hall–Kier alpha value is -4.71. The largest absolute Gasteiger partial charge is 0.462 e. The summed E-state index contributed by atoms with van der Waals surface area (Å²) in [4.78, 5) is 37.9. The molecule has 6 heteroatoms. The van der Waals surface area contributed by atoms with Crippen LogP contribution in [0.2, 0.25) is 0 Å². The molecule has 0 aromatic heterocycles. The van der Waals surface area contributed by atoms with Gasteiger partial charge in [0.2, 0.25) is 0 Å². The van der Waals surface area contributed by atoms with Gasteiger partial charge in [-0.2, -0.15) is 0 Å². The van der Waals surface area contributed by atoms with E-state index in [2.05, 4.69) is 106 Å². The first-order valence-electron chi connectivity index (χ1n) is 24.4. The third kappa shape index (κ3) is 48.2. The summed E-state index contributed by atoms with van der Waals surface area (Å²) >= 11 is 0. The van der Waals surface area contributed by atoms with Crippen molar-refractivity contribution in [1.82, 2.24) is 0 Å². The summed E-state index contributed by atoms with van der Waals surface area (Å²) in [5, 5.41) is 0. The van der Waals surface area contributed by atoms with Crippen LogP contribution in [0.1, 0.15) is 175 Å². The maximum atomic E-state index is 12.8. The lowest BCUT2D eigenvalue weighted by Gasteiger charge is -2.18. The van der Waals surface area contributed by atoms with Gasteiger partial charge in [0.25, 0.3) is 0 Å². The number of unbranched alkanes of at least 4 members (excludes halogenated alkanes) is 11. The van der Waals surface area contributed by atoms with Crippen molar-refractivity contribution in [1.29, 1.82) is 0 Å². The fourth-order valence-corrected chi connectivity index (χ4v) is 5.84. The van der Waals surface area contributed by atoms with Gasteiger partial charge in [-0.25, -0.2) is 0 Å². The van der Waals surface area contributed by atoms with E-state index in [0.29, 0.717) is 19.3 Å². The molecule has 1 atom stereocenters. The SMILES string of the molecule is CC\C=C/C=C\C=C/C=C\C=C\C=C/CCCCCC(=O)OCC(COC(=O)CCCCCCC/C=C\CCCC)OC(=O)CCC/C=C\C/C=C\C/C=C\C/C=C\C/C=C\CC. The molecule has 0 heterocycles. The van der Waals surface area contributed by atoms with E-state index in [9.17, 15) is 14.4 Å². The second-order valence-electron chi connectivity index (χ2n) is 15.4. The summed E-state index contributed by atoms with van der Waals surface area (Å²) in [6, 6.07) is 0. The molecule has 0 aromatic carbocycles. The van der Waals surface area contributed by atoms with Crippen LogP contribution in [-0.4, -0.2) is 37.2 Å². The van der Waals surface area contributed by atoms with E-state index in [1.54, 1.807) is 0 Å². The molecule has 0 aliphatic carbocycles. The minimum Gasteiger partial charge on any atom is -0.462 e. The molecule has 0 fully saturated rings. The van der Waals surface area contributed by atoms with E-state index < -0.39 is 6.10 Å². The van der Waals surface area contributed by atoms with Crippen molar-refractivity contribution in [3.05, 3.63) is 146 Å². The molecule has 0 spiro atoms. The van der Waals surface area contributed by atoms with Gasteiger partial charge in [0.1, 0.15) is 13.2 Å². The highest BCUT2D eigenvalue weighted by Crippen LogP contribution is 2.11. The van der Waals surface area contributed by atoms with Crippen LogP contribution in [0.3, 0.4) is 0 Å². The molecule has 1 unspecified atom stereocenters. The zero-order chi connectivity index (χ0) is 45.8. The molecule has 350 valence electrons. The quantitative estimate of drug-likeness (QED) is 0.0200. The van der Waals surface area contributed by atoms with Crippen LogP contribution in [0.15, 0.2) is 146 Å². The Kier molecular flexibility index (Phi) is 46.2. The van der Waals surface area contributed by atoms with Crippen LogP contribution in [0.4, 0.5) is 0 Å². The standard InChI is InChI=1S/C57H86O6/c1-4-7-10-13-16-19-22-24-26-28-30-32-35-38-41-44-47-50-56(59)62-53-54(52-61-55(58)49-46-43-40-37-34-21-18-15-12-9-6-3)63-57(60)51-48-45-42-39-36-33-31-29-27-25-23-20-17-14-11-8-5-2/h7-8,10-11,13,15-20,22,24-28,30-33,35,39,42,54H,4-6,9,12,14,21,23,29,34,36-38,40-41,43-53H2,1-3H3/b10-7-,11-8-,16-13-,18-15-,20-17-,22-19-,26-24-,27-25-,30-28+,33-31-,35-32-,42-39-. The lowest BCUT2D eigenvalue weighted by Crippen LogP contribution is -2.30. The van der Waals surface area contributed by atoms with Gasteiger partial charge in [0.05, 0.1) is 0 Å². The first kappa shape index (κ1) is 58.3. The van der Waals surface area contributed by atoms with Gasteiger partial charge >= 0.3 is 17.9 Å². The van der Waals surface area contributed by atoms with Crippen molar-refractivity contribution in [2.75, 3.05) is 13.2 Å². The molecule has 0 rings (SSSR count). The van der Waals surface area contributed by atoms with Crippen LogP contribution in [0, 0.1) is 0 Å². The minimum atomic E-state index is -0.835. The van der Waals surface area contributed by atoms with Crippen LogP contribution in [-0.2, 0) is 28.6 Å². The molecule has 0 amide bonds. The Morgan fingerprint density at radius 2 is 0.714 bits per heavy atom. The fourth-order valence-electron chi connectivity index (χ4n) is 5.84. The highest BCUT2D eigenvalue weighted by atomic mass is 16.6. The molecule has 0 bridgehead atoms. The van der Waals surface area contributed by atoms with Gasteiger partial charge in [0, 0.05) is 19.3 Å². The molecule has 0 aromatic rings. The summed E-state index contributed by atoms with van der Waals surface area (Å²) in [6.07, 6.45) is 71.2. The average molecular weight is 867 g/mol. The minimum absolute atomic E-state index is 0.126. The van der Waals surface area contributed by atoms with Crippen molar-refractivity contribution >= 4 is 17.9 Å². The molecule has 0 radical (unpaired) electrons. The van der Waals surface area contributed by atoms with E-state index >= 15 is 0 Å². The molecule has 6 nitrogen and oxygen atoms in total. The Balaban J connectivity index is 4.62. The number of allylic oxidation sites excluding steroid dienone is 24. The normalized spacial score (nSPS) is 13.4. The third-order valence-corrected chi connectivity index (χ3v) is 9.47. The van der Waals surface area contributed by atoms with Gasteiger partial charge < -0.3 is 14.2 Å². The summed E-state index contributed by atoms with van der Waals surface area (Å²) in [6.45, 7) is 6.21. The highest BCUT2D eigenvalue weighted by molar-refractivity contribution is 5.71. The third-order valence-electron chi connectivity index (χ3n) is 9.47. The van der Waals surface area contributed by atoms with Gasteiger partial charge in [-0.05, 0) is 96.3 Å². The average Bonchev–Trinajstić information content (AvgIpc) is 3.28. The van der Waals surface area contributed by atoms with E-state index in [4.69, 9.17) is 14.2 Å². The van der Waals surface area contributed by atoms with Crippen molar-refractivity contribution in [3.8, 4) is 0 Å². The fraction of sp³-hybridized carbons (Fsp3) is 0.526. The molecule has 63 heavy (non-hydrogen) atoms. The molecule has 0 aliphatic rings. The molecular formula is C57H86O6. The number of hydrogen-bond donors (Lipinski definition) is 0. The Morgan fingerprint density at radius 1 is 0.349 bits per heavy atom. The molecular weight excluding hydrogens is 781 g/mol. The second kappa shape index (κ2) is 49.9. The first-order valence-corrected chi connectivity index (χ1v) is 24.4. The molecule has 0 N–H and O–H groups in total. The highest BCUT2D eigenvalue weighted by Gasteiger charge is 2.19. The Bertz CT molecular complexity index is 1460. The predicted molar refractivity (Wildman–Crippen MR) is 269 cm³/mol. The smallest absolute Gasteiger partial charge is 0.306 e. The van der Waals surface area contributed by atoms with E-state index in [1.807, 2.05) is 60.8 Å². The lowest BCUT2D eigenvalue weighted by atomic mass is 10.1. The Labute approximate surface area is 385 Å². The van der Waals surface area contributed by atoms with Crippen LogP contribution >= 0.6 is 0 Å². The van der Waals surface area contributed by atoms with Gasteiger partial charge in [0.15, 0.2) is 6.10 Å². The zero-order valence-electron chi connectivity index (χ0n) is 39.8. The summed E-state index contributed by atoms with van der Waals surface area (Å²) in [5.74, 6) is -1.06. The van der Waals surface area contributed by atoms with Gasteiger partial charge in [-0.3, -0.25) is 14.4 Å². The molecule has 0 saturated carbocycles. The zero-order valence-corrected chi connectivity index (χ0v) is 39.8. The van der Waals surface area contributed by atoms with E-state index in [1.165, 1.54) is 25.7 Å². The van der Waals surface area contributed by atoms with Crippen molar-refractivity contribution < 1.29 is 28.6 Å². The summed E-state index contributed by atoms with van der Waals surface area (Å²) in [7, 11) is 0. The predicted octanol–water partition coefficient (Wildman–Crippen LogP) is 16.1. The lowest BCUT2D eigenvalue weighted by molar-refractivity contribution is -0.167. The second-order valence-corrected chi connectivity index (χ2v) is 15.4. The Morgan fingerprint density at radius 3 is 1.24 bits per heavy atom. The molecule has 0 aliphatic heterocycles. The van der Waals surface area contributed by atoms with Crippen molar-refractivity contribution in [3.63, 3.8) is 0 Å². The summed E-state index contributed by atoms with van der Waals surface area (Å²) in [5.41, 5.74) is 0. The van der Waals surface area contributed by atoms with Gasteiger partial charge in [-0.1, -0.05) is 205 Å². The number of esters is 3. The van der Waals surface area contributed by atoms with Crippen molar-refractivity contribution in [2.24, 2.45) is 0 Å². The number of carbonyl (C=O) groups excluding carboxylic acids is 3. The topological polar surface area (TPSA) is 78.9 Å². The maximum Gasteiger partial charge on any atom is 0.306 e. The van der Waals surface area contributed by atoms with Crippen LogP contribution < -0.4 is 0 Å². The number of ether oxygens (including phenoxy) is 3. The summed E-state index contributed by atoms with van der Waals surface area (Å²) < 4.78 is 16.7. The number of rotatable bonds is 41. The number of carbonyl (C=O) groups is 3.